The second kappa shape index (κ2) is 9.49. The summed E-state index contributed by atoms with van der Waals surface area (Å²) in [5.74, 6) is -2.06. The first-order chi connectivity index (χ1) is 14.1. The fourth-order valence-corrected chi connectivity index (χ4v) is 1.90. The first-order valence-electron chi connectivity index (χ1n) is 7.99. The Labute approximate surface area is 168 Å². The van der Waals surface area contributed by atoms with E-state index in [2.05, 4.69) is 9.73 Å². The third-order valence-corrected chi connectivity index (χ3v) is 3.37. The number of hydrogen-bond donors (Lipinski definition) is 3. The summed E-state index contributed by atoms with van der Waals surface area (Å²) in [5, 5.41) is 0.473. The number of carbonyl (C=O) groups is 1. The summed E-state index contributed by atoms with van der Waals surface area (Å²) in [6, 6.07) is 4.23. The largest absolute Gasteiger partial charge is 0.497 e. The van der Waals surface area contributed by atoms with Gasteiger partial charge in [0.25, 0.3) is 0 Å². The predicted octanol–water partition coefficient (Wildman–Crippen LogP) is 3.95. The van der Waals surface area contributed by atoms with Crippen molar-refractivity contribution in [3.63, 3.8) is 0 Å². The molecule has 1 amide bonds. The second-order valence-corrected chi connectivity index (χ2v) is 5.50. The molecule has 0 radical (unpaired) electrons. The highest BCUT2D eigenvalue weighted by Gasteiger charge is 2.73. The summed E-state index contributed by atoms with van der Waals surface area (Å²) in [5.41, 5.74) is -4.59. The zero-order valence-electron chi connectivity index (χ0n) is 15.6. The van der Waals surface area contributed by atoms with Crippen molar-refractivity contribution in [3.8, 4) is 5.75 Å². The standard InChI is InChI=1S/C15H15F9N4O3/c1-3-31-11(29)26-13(14(19,20)21,15(22,23)24)28-27-10(12(16,17)18)25-8-4-6-9(30-2)7-5-8/h4-7,28H,3H2,1-2H3,(H,25,27)(H,26,29). The molecule has 1 aromatic carbocycles. The molecule has 7 nitrogen and oxygen atoms in total. The molecule has 176 valence electrons. The van der Waals surface area contributed by atoms with E-state index in [0.717, 1.165) is 36.6 Å². The van der Waals surface area contributed by atoms with Crippen LogP contribution in [-0.2, 0) is 4.74 Å². The minimum Gasteiger partial charge on any atom is -0.497 e. The molecule has 0 aliphatic rings. The number of benzene rings is 1. The van der Waals surface area contributed by atoms with Gasteiger partial charge in [0.1, 0.15) is 5.75 Å². The maximum atomic E-state index is 13.3. The number of alkyl halides is 9. The van der Waals surface area contributed by atoms with Gasteiger partial charge in [-0.15, -0.1) is 0 Å². The first-order valence-corrected chi connectivity index (χ1v) is 7.99. The van der Waals surface area contributed by atoms with Crippen LogP contribution >= 0.6 is 0 Å². The number of nitrogens with zero attached hydrogens (tertiary/aromatic N) is 1. The van der Waals surface area contributed by atoms with Gasteiger partial charge >= 0.3 is 30.3 Å². The van der Waals surface area contributed by atoms with Crippen LogP contribution in [0.25, 0.3) is 0 Å². The summed E-state index contributed by atoms with van der Waals surface area (Å²) in [6.45, 7) is 0.467. The summed E-state index contributed by atoms with van der Waals surface area (Å²) < 4.78 is 128. The predicted molar refractivity (Wildman–Crippen MR) is 87.4 cm³/mol. The van der Waals surface area contributed by atoms with Crippen LogP contribution in [-0.4, -0.2) is 49.8 Å². The van der Waals surface area contributed by atoms with E-state index in [-0.39, 0.29) is 5.75 Å². The Kier molecular flexibility index (Phi) is 7.99. The molecule has 0 aliphatic heterocycles. The van der Waals surface area contributed by atoms with Crippen LogP contribution in [0.4, 0.5) is 50.0 Å². The number of alkyl carbamates (subject to hydrolysis) is 1. The van der Waals surface area contributed by atoms with Crippen molar-refractivity contribution in [1.82, 2.24) is 16.2 Å². The van der Waals surface area contributed by atoms with Gasteiger partial charge in [-0.1, -0.05) is 0 Å². The van der Waals surface area contributed by atoms with Gasteiger partial charge in [0.05, 0.1) is 19.4 Å². The number of methoxy groups -OCH3 is 1. The number of hydrazine groups is 1. The number of hydrogen-bond acceptors (Lipinski definition) is 5. The van der Waals surface area contributed by atoms with Gasteiger partial charge in [0, 0.05) is 0 Å². The summed E-state index contributed by atoms with van der Waals surface area (Å²) in [7, 11) is 1.25. The molecule has 0 atom stereocenters. The molecule has 0 unspecified atom stereocenters. The zero-order valence-corrected chi connectivity index (χ0v) is 15.6. The van der Waals surface area contributed by atoms with E-state index in [1.54, 1.807) is 0 Å². The van der Waals surface area contributed by atoms with Crippen molar-refractivity contribution in [1.29, 1.82) is 0 Å². The fourth-order valence-electron chi connectivity index (χ4n) is 1.90. The summed E-state index contributed by atoms with van der Waals surface area (Å²) in [6.07, 6.45) is -20.4. The molecule has 1 aromatic rings. The lowest BCUT2D eigenvalue weighted by Crippen LogP contribution is -2.78. The molecule has 16 heteroatoms. The number of halogens is 9. The Morgan fingerprint density at radius 1 is 0.968 bits per heavy atom. The van der Waals surface area contributed by atoms with Gasteiger partial charge in [0.15, 0.2) is 0 Å². The van der Waals surface area contributed by atoms with E-state index in [1.165, 1.54) is 7.11 Å². The Balaban J connectivity index is 3.37. The Bertz CT molecular complexity index is 760. The fraction of sp³-hybridized carbons (Fsp3) is 0.467. The van der Waals surface area contributed by atoms with Crippen molar-refractivity contribution < 1.29 is 53.8 Å². The third kappa shape index (κ3) is 6.53. The number of ether oxygens (including phenoxy) is 2. The average molecular weight is 470 g/mol. The van der Waals surface area contributed by atoms with Gasteiger partial charge in [-0.2, -0.15) is 44.9 Å². The van der Waals surface area contributed by atoms with Gasteiger partial charge in [-0.25, -0.2) is 9.79 Å². The van der Waals surface area contributed by atoms with E-state index in [4.69, 9.17) is 4.74 Å². The second-order valence-electron chi connectivity index (χ2n) is 5.50. The van der Waals surface area contributed by atoms with Crippen molar-refractivity contribution >= 4 is 17.6 Å². The lowest BCUT2D eigenvalue weighted by molar-refractivity contribution is -0.317. The maximum absolute atomic E-state index is 13.3. The third-order valence-electron chi connectivity index (χ3n) is 3.37. The number of nitrogens with one attached hydrogen (secondary N) is 3. The highest BCUT2D eigenvalue weighted by atomic mass is 19.4. The number of carbonyl (C=O) groups excluding carboxylic acids is 1. The smallest absolute Gasteiger partial charge is 0.450 e. The SMILES string of the molecule is CCOC(=O)NC(NNC(=Nc1ccc(OC)cc1)C(F)(F)F)(C(F)(F)F)C(F)(F)F. The van der Waals surface area contributed by atoms with Crippen LogP contribution in [0.1, 0.15) is 6.92 Å². The molecular formula is C15H15F9N4O3. The molecule has 0 bridgehead atoms. The van der Waals surface area contributed by atoms with Gasteiger partial charge in [-0.05, 0) is 31.2 Å². The van der Waals surface area contributed by atoms with Gasteiger partial charge in [-0.3, -0.25) is 10.7 Å². The minimum atomic E-state index is -6.36. The van der Waals surface area contributed by atoms with Crippen molar-refractivity contribution in [2.45, 2.75) is 31.1 Å². The summed E-state index contributed by atoms with van der Waals surface area (Å²) >= 11 is 0. The van der Waals surface area contributed by atoms with E-state index >= 15 is 0 Å². The minimum absolute atomic E-state index is 0.199. The highest BCUT2D eigenvalue weighted by molar-refractivity contribution is 5.89. The lowest BCUT2D eigenvalue weighted by atomic mass is 10.1. The van der Waals surface area contributed by atoms with E-state index in [9.17, 15) is 44.3 Å². The van der Waals surface area contributed by atoms with Gasteiger partial charge in [0.2, 0.25) is 5.84 Å². The molecule has 0 fully saturated rings. The van der Waals surface area contributed by atoms with Crippen LogP contribution < -0.4 is 20.9 Å². The van der Waals surface area contributed by atoms with Crippen molar-refractivity contribution in [2.24, 2.45) is 4.99 Å². The molecule has 1 rings (SSSR count). The van der Waals surface area contributed by atoms with E-state index < -0.39 is 48.4 Å². The van der Waals surface area contributed by atoms with E-state index in [1.807, 2.05) is 0 Å². The Hall–Kier alpha value is -2.91. The van der Waals surface area contributed by atoms with E-state index in [0.29, 0.717) is 10.7 Å². The van der Waals surface area contributed by atoms with Crippen molar-refractivity contribution in [2.75, 3.05) is 13.7 Å². The number of rotatable bonds is 6. The lowest BCUT2D eigenvalue weighted by Gasteiger charge is -2.38. The monoisotopic (exact) mass is 470 g/mol. The van der Waals surface area contributed by atoms with Crippen molar-refractivity contribution in [3.05, 3.63) is 24.3 Å². The molecule has 3 N–H and O–H groups in total. The van der Waals surface area contributed by atoms with Crippen LogP contribution in [0.3, 0.4) is 0 Å². The zero-order chi connectivity index (χ0) is 24.1. The molecule has 0 saturated carbocycles. The van der Waals surface area contributed by atoms with Crippen LogP contribution in [0.15, 0.2) is 29.3 Å². The number of amides is 1. The molecule has 0 aromatic heterocycles. The Morgan fingerprint density at radius 2 is 1.48 bits per heavy atom. The molecule has 0 saturated heterocycles. The van der Waals surface area contributed by atoms with Crippen LogP contribution in [0, 0.1) is 0 Å². The molecular weight excluding hydrogens is 455 g/mol. The first kappa shape index (κ1) is 26.1. The Morgan fingerprint density at radius 3 is 1.87 bits per heavy atom. The topological polar surface area (TPSA) is 84.0 Å². The molecule has 0 aliphatic carbocycles. The van der Waals surface area contributed by atoms with Gasteiger partial charge < -0.3 is 9.47 Å². The number of amidine groups is 1. The molecule has 0 spiro atoms. The quantitative estimate of drug-likeness (QED) is 0.193. The maximum Gasteiger partial charge on any atom is 0.450 e. The van der Waals surface area contributed by atoms with Crippen LogP contribution in [0.2, 0.25) is 0 Å². The highest BCUT2D eigenvalue weighted by Crippen LogP contribution is 2.41. The molecule has 31 heavy (non-hydrogen) atoms. The van der Waals surface area contributed by atoms with Crippen LogP contribution in [0.5, 0.6) is 5.75 Å². The molecule has 0 heterocycles. The average Bonchev–Trinajstić information content (AvgIpc) is 2.61. The normalized spacial score (nSPS) is 13.6. The number of aliphatic imine (C=N–C) groups is 1. The summed E-state index contributed by atoms with van der Waals surface area (Å²) in [4.78, 5) is 14.3.